The normalized spacial score (nSPS) is 15.8. The van der Waals surface area contributed by atoms with Crippen molar-refractivity contribution >= 4 is 28.9 Å². The molecular formula is C24H28N8O. The van der Waals surface area contributed by atoms with E-state index in [4.69, 9.17) is 4.98 Å². The first kappa shape index (κ1) is 21.1. The summed E-state index contributed by atoms with van der Waals surface area (Å²) in [6.45, 7) is 4.53. The Kier molecular flexibility index (Phi) is 5.55. The van der Waals surface area contributed by atoms with Gasteiger partial charge in [0.25, 0.3) is 5.91 Å². The average Bonchev–Trinajstić information content (AvgIpc) is 3.22. The molecule has 33 heavy (non-hydrogen) atoms. The fourth-order valence-electron chi connectivity index (χ4n) is 4.24. The van der Waals surface area contributed by atoms with Crippen LogP contribution in [0.5, 0.6) is 0 Å². The molecule has 0 aromatic carbocycles. The molecule has 5 heterocycles. The first-order valence-corrected chi connectivity index (χ1v) is 11.1. The lowest BCUT2D eigenvalue weighted by Gasteiger charge is -2.33. The number of aromatic nitrogens is 3. The fourth-order valence-corrected chi connectivity index (χ4v) is 4.24. The number of anilines is 4. The first-order valence-electron chi connectivity index (χ1n) is 11.1. The molecule has 5 rings (SSSR count). The van der Waals surface area contributed by atoms with E-state index in [-0.39, 0.29) is 5.91 Å². The van der Waals surface area contributed by atoms with Gasteiger partial charge in [0.2, 0.25) is 0 Å². The lowest BCUT2D eigenvalue weighted by Crippen LogP contribution is -2.44. The molecule has 2 aliphatic heterocycles. The average molecular weight is 445 g/mol. The molecule has 9 heteroatoms. The summed E-state index contributed by atoms with van der Waals surface area (Å²) in [6.07, 6.45) is 5.36. The van der Waals surface area contributed by atoms with E-state index in [2.05, 4.69) is 43.5 Å². The quantitative estimate of drug-likeness (QED) is 0.620. The fraction of sp³-hybridized carbons (Fsp3) is 0.333. The zero-order valence-corrected chi connectivity index (χ0v) is 19.2. The number of nitrogens with zero attached hydrogens (tertiary/aromatic N) is 6. The third-order valence-corrected chi connectivity index (χ3v) is 6.19. The van der Waals surface area contributed by atoms with E-state index in [1.807, 2.05) is 43.4 Å². The van der Waals surface area contributed by atoms with Crippen molar-refractivity contribution in [3.8, 4) is 11.3 Å². The summed E-state index contributed by atoms with van der Waals surface area (Å²) >= 11 is 0. The zero-order chi connectivity index (χ0) is 22.9. The largest absolute Gasteiger partial charge is 0.368 e. The van der Waals surface area contributed by atoms with Crippen molar-refractivity contribution in [3.05, 3.63) is 54.0 Å². The van der Waals surface area contributed by atoms with Gasteiger partial charge in [-0.2, -0.15) is 0 Å². The summed E-state index contributed by atoms with van der Waals surface area (Å²) in [5.41, 5.74) is 4.99. The van der Waals surface area contributed by atoms with Crippen LogP contribution in [-0.4, -0.2) is 73.1 Å². The van der Waals surface area contributed by atoms with Gasteiger partial charge in [-0.3, -0.25) is 9.78 Å². The number of rotatable bonds is 5. The van der Waals surface area contributed by atoms with E-state index in [0.29, 0.717) is 23.6 Å². The number of carbonyl (C=O) groups is 1. The van der Waals surface area contributed by atoms with Crippen molar-refractivity contribution in [3.63, 3.8) is 0 Å². The molecule has 3 aromatic rings. The predicted octanol–water partition coefficient (Wildman–Crippen LogP) is 2.34. The summed E-state index contributed by atoms with van der Waals surface area (Å²) in [6, 6.07) is 7.93. The van der Waals surface area contributed by atoms with Crippen LogP contribution in [0.25, 0.3) is 11.3 Å². The predicted molar refractivity (Wildman–Crippen MR) is 130 cm³/mol. The second-order valence-electron chi connectivity index (χ2n) is 8.67. The second-order valence-corrected chi connectivity index (χ2v) is 8.67. The van der Waals surface area contributed by atoms with E-state index >= 15 is 0 Å². The summed E-state index contributed by atoms with van der Waals surface area (Å²) in [5.74, 6) is 1.42. The van der Waals surface area contributed by atoms with Crippen LogP contribution >= 0.6 is 0 Å². The van der Waals surface area contributed by atoms with Crippen LogP contribution in [0.1, 0.15) is 15.9 Å². The minimum absolute atomic E-state index is 0.105. The van der Waals surface area contributed by atoms with Crippen LogP contribution in [0.4, 0.5) is 23.0 Å². The maximum absolute atomic E-state index is 12.7. The molecule has 1 amide bonds. The van der Waals surface area contributed by atoms with E-state index in [0.717, 1.165) is 54.5 Å². The highest BCUT2D eigenvalue weighted by Gasteiger charge is 2.27. The standard InChI is InChI=1S/C24H28N8O/c1-30(2)21-12-16(6-7-25-21)23-18-14-28-24(33)22(18)19(15-27-23)29-20-5-4-17(13-26-20)32-10-8-31(3)9-11-32/h4-7,12-13,15H,8-11,14H2,1-3H3,(H,26,29)(H,28,33). The molecule has 3 aromatic heterocycles. The van der Waals surface area contributed by atoms with E-state index < -0.39 is 0 Å². The van der Waals surface area contributed by atoms with E-state index in [1.165, 1.54) is 0 Å². The third-order valence-electron chi connectivity index (χ3n) is 6.19. The Morgan fingerprint density at radius 2 is 1.85 bits per heavy atom. The Labute approximate surface area is 193 Å². The van der Waals surface area contributed by atoms with Crippen molar-refractivity contribution in [1.29, 1.82) is 0 Å². The molecule has 2 aliphatic rings. The Bertz CT molecular complexity index is 1170. The van der Waals surface area contributed by atoms with Crippen molar-refractivity contribution in [2.24, 2.45) is 0 Å². The highest BCUT2D eigenvalue weighted by molar-refractivity contribution is 6.05. The van der Waals surface area contributed by atoms with Crippen LogP contribution in [-0.2, 0) is 6.54 Å². The molecule has 1 fully saturated rings. The summed E-state index contributed by atoms with van der Waals surface area (Å²) in [4.78, 5) is 33.0. The minimum Gasteiger partial charge on any atom is -0.368 e. The molecule has 0 atom stereocenters. The van der Waals surface area contributed by atoms with Crippen LogP contribution in [0.3, 0.4) is 0 Å². The first-order chi connectivity index (χ1) is 16.0. The molecule has 0 bridgehead atoms. The Hall–Kier alpha value is -3.72. The van der Waals surface area contributed by atoms with Gasteiger partial charge in [0.05, 0.1) is 35.0 Å². The van der Waals surface area contributed by atoms with Gasteiger partial charge in [-0.15, -0.1) is 0 Å². The molecule has 0 saturated carbocycles. The van der Waals surface area contributed by atoms with Crippen LogP contribution in [0.2, 0.25) is 0 Å². The summed E-state index contributed by atoms with van der Waals surface area (Å²) < 4.78 is 0. The van der Waals surface area contributed by atoms with Gasteiger partial charge in [-0.25, -0.2) is 9.97 Å². The van der Waals surface area contributed by atoms with Gasteiger partial charge in [0, 0.05) is 64.1 Å². The number of likely N-dealkylation sites (N-methyl/N-ethyl adjacent to an activating group) is 1. The van der Waals surface area contributed by atoms with Crippen LogP contribution < -0.4 is 20.4 Å². The minimum atomic E-state index is -0.105. The molecule has 0 aliphatic carbocycles. The van der Waals surface area contributed by atoms with Gasteiger partial charge < -0.3 is 25.3 Å². The van der Waals surface area contributed by atoms with Crippen molar-refractivity contribution < 1.29 is 4.79 Å². The number of nitrogens with one attached hydrogen (secondary N) is 2. The summed E-state index contributed by atoms with van der Waals surface area (Å²) in [7, 11) is 6.04. The van der Waals surface area contributed by atoms with Gasteiger partial charge in [0.1, 0.15) is 11.6 Å². The molecule has 1 saturated heterocycles. The Morgan fingerprint density at radius 1 is 1.03 bits per heavy atom. The van der Waals surface area contributed by atoms with Gasteiger partial charge >= 0.3 is 0 Å². The second kappa shape index (κ2) is 8.67. The van der Waals surface area contributed by atoms with Gasteiger partial charge in [0.15, 0.2) is 0 Å². The molecular weight excluding hydrogens is 416 g/mol. The van der Waals surface area contributed by atoms with Crippen molar-refractivity contribution in [2.45, 2.75) is 6.54 Å². The number of fused-ring (bicyclic) bond motifs is 1. The summed E-state index contributed by atoms with van der Waals surface area (Å²) in [5, 5.41) is 6.24. The molecule has 0 radical (unpaired) electrons. The highest BCUT2D eigenvalue weighted by Crippen LogP contribution is 2.34. The lowest BCUT2D eigenvalue weighted by atomic mass is 10.0. The SMILES string of the molecule is CN1CCN(c2ccc(Nc3cnc(-c4ccnc(N(C)C)c4)c4c3C(=O)NC4)nc2)CC1. The molecule has 9 nitrogen and oxygen atoms in total. The van der Waals surface area contributed by atoms with Crippen molar-refractivity contribution in [2.75, 3.05) is 62.4 Å². The number of hydrogen-bond donors (Lipinski definition) is 2. The zero-order valence-electron chi connectivity index (χ0n) is 19.2. The lowest BCUT2D eigenvalue weighted by molar-refractivity contribution is 0.0966. The number of piperazine rings is 1. The maximum Gasteiger partial charge on any atom is 0.254 e. The third kappa shape index (κ3) is 4.19. The monoisotopic (exact) mass is 444 g/mol. The Balaban J connectivity index is 1.41. The van der Waals surface area contributed by atoms with Crippen molar-refractivity contribution in [1.82, 2.24) is 25.2 Å². The number of pyridine rings is 3. The Morgan fingerprint density at radius 3 is 2.58 bits per heavy atom. The van der Waals surface area contributed by atoms with Crippen LogP contribution in [0, 0.1) is 0 Å². The van der Waals surface area contributed by atoms with E-state index in [1.54, 1.807) is 12.4 Å². The maximum atomic E-state index is 12.7. The smallest absolute Gasteiger partial charge is 0.254 e. The van der Waals surface area contributed by atoms with Gasteiger partial charge in [-0.1, -0.05) is 0 Å². The topological polar surface area (TPSA) is 89.5 Å². The molecule has 2 N–H and O–H groups in total. The van der Waals surface area contributed by atoms with Crippen LogP contribution in [0.15, 0.2) is 42.9 Å². The number of amides is 1. The molecule has 170 valence electrons. The molecule has 0 spiro atoms. The molecule has 0 unspecified atom stereocenters. The highest BCUT2D eigenvalue weighted by atomic mass is 16.1. The number of carbonyl (C=O) groups excluding carboxylic acids is 1. The van der Waals surface area contributed by atoms with Gasteiger partial charge in [-0.05, 0) is 31.3 Å². The number of hydrogen-bond acceptors (Lipinski definition) is 8. The van der Waals surface area contributed by atoms with E-state index in [9.17, 15) is 4.79 Å².